The number of hydrogen-bond donors (Lipinski definition) is 0. The third kappa shape index (κ3) is 4.52. The molecule has 1 amide bonds. The highest BCUT2D eigenvalue weighted by molar-refractivity contribution is 7.92. The summed E-state index contributed by atoms with van der Waals surface area (Å²) in [6.07, 6.45) is 2.21. The minimum absolute atomic E-state index is 0.114. The van der Waals surface area contributed by atoms with Gasteiger partial charge >= 0.3 is 0 Å². The third-order valence-electron chi connectivity index (χ3n) is 5.16. The number of methoxy groups -OCH3 is 1. The van der Waals surface area contributed by atoms with Gasteiger partial charge in [0, 0.05) is 24.4 Å². The Morgan fingerprint density at radius 2 is 1.85 bits per heavy atom. The Hall–Kier alpha value is -1.86. The first-order chi connectivity index (χ1) is 12.9. The summed E-state index contributed by atoms with van der Waals surface area (Å²) in [4.78, 5) is 15.8. The van der Waals surface area contributed by atoms with Crippen LogP contribution in [-0.2, 0) is 21.1 Å². The van der Waals surface area contributed by atoms with E-state index in [1.165, 1.54) is 10.4 Å². The van der Waals surface area contributed by atoms with Crippen LogP contribution < -0.4 is 4.74 Å². The zero-order valence-electron chi connectivity index (χ0n) is 15.7. The highest BCUT2D eigenvalue weighted by Crippen LogP contribution is 2.26. The normalized spacial score (nSPS) is 15.7. The van der Waals surface area contributed by atoms with E-state index in [9.17, 15) is 13.2 Å². The number of piperidine rings is 1. The molecule has 1 aromatic carbocycles. The van der Waals surface area contributed by atoms with Gasteiger partial charge < -0.3 is 9.64 Å². The molecule has 0 atom stereocenters. The van der Waals surface area contributed by atoms with Crippen molar-refractivity contribution in [3.05, 3.63) is 46.2 Å². The second-order valence-electron chi connectivity index (χ2n) is 6.83. The van der Waals surface area contributed by atoms with Crippen molar-refractivity contribution in [2.75, 3.05) is 20.2 Å². The van der Waals surface area contributed by atoms with Crippen LogP contribution in [0.5, 0.6) is 5.75 Å². The van der Waals surface area contributed by atoms with Gasteiger partial charge in [-0.1, -0.05) is 0 Å². The highest BCUT2D eigenvalue weighted by Gasteiger charge is 2.32. The fourth-order valence-electron chi connectivity index (χ4n) is 3.41. The number of hydrogen-bond acceptors (Lipinski definition) is 5. The summed E-state index contributed by atoms with van der Waals surface area (Å²) in [5, 5.41) is 1.61. The van der Waals surface area contributed by atoms with Gasteiger partial charge in [-0.25, -0.2) is 8.42 Å². The zero-order valence-corrected chi connectivity index (χ0v) is 17.3. The summed E-state index contributed by atoms with van der Waals surface area (Å²) in [6.45, 7) is 3.07. The predicted octanol–water partition coefficient (Wildman–Crippen LogP) is 3.46. The maximum Gasteiger partial charge on any atom is 0.222 e. The summed E-state index contributed by atoms with van der Waals surface area (Å²) in [5.74, 6) is 0.749. The van der Waals surface area contributed by atoms with Crippen molar-refractivity contribution in [3.63, 3.8) is 0 Å². The van der Waals surface area contributed by atoms with E-state index >= 15 is 0 Å². The Labute approximate surface area is 164 Å². The summed E-state index contributed by atoms with van der Waals surface area (Å²) < 4.78 is 30.8. The lowest BCUT2D eigenvalue weighted by Crippen LogP contribution is -2.42. The van der Waals surface area contributed by atoms with Crippen LogP contribution in [0.1, 0.15) is 29.7 Å². The third-order valence-corrected chi connectivity index (χ3v) is 8.52. The van der Waals surface area contributed by atoms with Crippen LogP contribution in [-0.4, -0.2) is 44.7 Å². The van der Waals surface area contributed by atoms with Crippen LogP contribution in [0, 0.1) is 6.92 Å². The summed E-state index contributed by atoms with van der Waals surface area (Å²) in [6, 6.07) is 8.58. The van der Waals surface area contributed by atoms with E-state index in [-0.39, 0.29) is 5.91 Å². The number of carbonyl (C=O) groups excluding carboxylic acids is 1. The number of aryl methyl sites for hydroxylation is 2. The molecule has 1 aliphatic heterocycles. The molecule has 0 saturated carbocycles. The molecule has 2 heterocycles. The summed E-state index contributed by atoms with van der Waals surface area (Å²) in [7, 11) is -1.83. The van der Waals surface area contributed by atoms with Crippen LogP contribution in [0.2, 0.25) is 0 Å². The fourth-order valence-corrected chi connectivity index (χ4v) is 6.05. The van der Waals surface area contributed by atoms with E-state index in [2.05, 4.69) is 13.0 Å². The maximum atomic E-state index is 12.8. The summed E-state index contributed by atoms with van der Waals surface area (Å²) >= 11 is 1.68. The minimum Gasteiger partial charge on any atom is -0.497 e. The second kappa shape index (κ2) is 8.44. The number of likely N-dealkylation sites (tertiary alicyclic amines) is 1. The molecule has 3 rings (SSSR count). The van der Waals surface area contributed by atoms with E-state index in [0.717, 1.165) is 6.42 Å². The van der Waals surface area contributed by atoms with Crippen molar-refractivity contribution < 1.29 is 17.9 Å². The van der Waals surface area contributed by atoms with Crippen LogP contribution in [0.3, 0.4) is 0 Å². The molecule has 27 heavy (non-hydrogen) atoms. The largest absolute Gasteiger partial charge is 0.497 e. The molecule has 7 heteroatoms. The van der Waals surface area contributed by atoms with Crippen molar-refractivity contribution in [2.24, 2.45) is 0 Å². The lowest BCUT2D eigenvalue weighted by atomic mass is 10.1. The van der Waals surface area contributed by atoms with E-state index in [0.29, 0.717) is 43.0 Å². The molecule has 2 aromatic rings. The van der Waals surface area contributed by atoms with Gasteiger partial charge in [-0.05, 0) is 67.5 Å². The van der Waals surface area contributed by atoms with E-state index < -0.39 is 15.1 Å². The number of thiophene rings is 1. The maximum absolute atomic E-state index is 12.8. The highest BCUT2D eigenvalue weighted by atomic mass is 32.2. The molecule has 1 saturated heterocycles. The van der Waals surface area contributed by atoms with E-state index in [1.807, 2.05) is 10.3 Å². The average Bonchev–Trinajstić information content (AvgIpc) is 3.11. The van der Waals surface area contributed by atoms with Gasteiger partial charge in [0.25, 0.3) is 0 Å². The lowest BCUT2D eigenvalue weighted by molar-refractivity contribution is -0.131. The number of amides is 1. The first-order valence-electron chi connectivity index (χ1n) is 9.10. The molecular weight excluding hydrogens is 382 g/mol. The minimum atomic E-state index is -3.38. The Balaban J connectivity index is 1.55. The topological polar surface area (TPSA) is 63.7 Å². The SMILES string of the molecule is COc1ccc(S(=O)(=O)C2CCN(C(=O)CCc3sccc3C)CC2)cc1. The predicted molar refractivity (Wildman–Crippen MR) is 107 cm³/mol. The molecule has 146 valence electrons. The number of rotatable bonds is 6. The smallest absolute Gasteiger partial charge is 0.222 e. The quantitative estimate of drug-likeness (QED) is 0.736. The van der Waals surface area contributed by atoms with Crippen LogP contribution in [0.25, 0.3) is 0 Å². The molecular formula is C20H25NO4S2. The van der Waals surface area contributed by atoms with Gasteiger partial charge in [-0.3, -0.25) is 4.79 Å². The molecule has 1 fully saturated rings. The first kappa shape index (κ1) is 19.9. The second-order valence-corrected chi connectivity index (χ2v) is 10.1. The van der Waals surface area contributed by atoms with Gasteiger partial charge in [0.1, 0.15) is 5.75 Å². The Morgan fingerprint density at radius 1 is 1.19 bits per heavy atom. The van der Waals surface area contributed by atoms with Crippen molar-refractivity contribution in [1.29, 1.82) is 0 Å². The monoisotopic (exact) mass is 407 g/mol. The van der Waals surface area contributed by atoms with Gasteiger partial charge in [0.05, 0.1) is 17.3 Å². The number of benzene rings is 1. The lowest BCUT2D eigenvalue weighted by Gasteiger charge is -2.32. The Bertz CT molecular complexity index is 879. The molecule has 0 radical (unpaired) electrons. The van der Waals surface area contributed by atoms with E-state index in [1.54, 1.807) is 42.7 Å². The van der Waals surface area contributed by atoms with Crippen molar-refractivity contribution >= 4 is 27.1 Å². The van der Waals surface area contributed by atoms with Crippen molar-refractivity contribution in [2.45, 2.75) is 42.8 Å². The number of sulfone groups is 1. The van der Waals surface area contributed by atoms with Crippen LogP contribution >= 0.6 is 11.3 Å². The molecule has 0 unspecified atom stereocenters. The van der Waals surface area contributed by atoms with Crippen LogP contribution in [0.4, 0.5) is 0 Å². The van der Waals surface area contributed by atoms with Crippen molar-refractivity contribution in [1.82, 2.24) is 4.90 Å². The Kier molecular flexibility index (Phi) is 6.22. The average molecular weight is 408 g/mol. The van der Waals surface area contributed by atoms with Gasteiger partial charge in [-0.15, -0.1) is 11.3 Å². The molecule has 5 nitrogen and oxygen atoms in total. The molecule has 0 spiro atoms. The molecule has 0 aliphatic carbocycles. The van der Waals surface area contributed by atoms with Gasteiger partial charge in [-0.2, -0.15) is 0 Å². The van der Waals surface area contributed by atoms with Crippen molar-refractivity contribution in [3.8, 4) is 5.75 Å². The number of ether oxygens (including phenoxy) is 1. The van der Waals surface area contributed by atoms with Crippen LogP contribution in [0.15, 0.2) is 40.6 Å². The number of nitrogens with zero attached hydrogens (tertiary/aromatic N) is 1. The molecule has 1 aliphatic rings. The first-order valence-corrected chi connectivity index (χ1v) is 11.5. The summed E-state index contributed by atoms with van der Waals surface area (Å²) in [5.41, 5.74) is 1.23. The fraction of sp³-hybridized carbons (Fsp3) is 0.450. The molecule has 0 bridgehead atoms. The molecule has 0 N–H and O–H groups in total. The standard InChI is InChI=1S/C20H25NO4S2/c1-15-11-14-26-19(15)7-8-20(22)21-12-9-18(10-13-21)27(23,24)17-5-3-16(25-2)4-6-17/h3-6,11,14,18H,7-10,12-13H2,1-2H3. The Morgan fingerprint density at radius 3 is 2.41 bits per heavy atom. The van der Waals surface area contributed by atoms with E-state index in [4.69, 9.17) is 4.74 Å². The van der Waals surface area contributed by atoms with Gasteiger partial charge in [0.2, 0.25) is 5.91 Å². The number of carbonyl (C=O) groups is 1. The zero-order chi connectivity index (χ0) is 19.4. The van der Waals surface area contributed by atoms with Gasteiger partial charge in [0.15, 0.2) is 9.84 Å². The molecule has 1 aromatic heterocycles.